The van der Waals surface area contributed by atoms with E-state index in [9.17, 15) is 18.3 Å². The molecule has 9 heteroatoms. The Morgan fingerprint density at radius 1 is 1.10 bits per heavy atom. The van der Waals surface area contributed by atoms with Crippen molar-refractivity contribution in [1.82, 2.24) is 4.72 Å². The van der Waals surface area contributed by atoms with E-state index in [0.717, 1.165) is 88.0 Å². The van der Waals surface area contributed by atoms with E-state index in [2.05, 4.69) is 21.8 Å². The summed E-state index contributed by atoms with van der Waals surface area (Å²) in [6, 6.07) is 11.5. The highest BCUT2D eigenvalue weighted by atomic mass is 35.5. The van der Waals surface area contributed by atoms with Crippen LogP contribution < -0.4 is 14.4 Å². The molecule has 1 amide bonds. The van der Waals surface area contributed by atoms with Gasteiger partial charge < -0.3 is 14.7 Å². The van der Waals surface area contributed by atoms with Crippen LogP contribution >= 0.6 is 11.6 Å². The first kappa shape index (κ1) is 29.8. The number of hydrogen-bond donors (Lipinski definition) is 2. The molecule has 0 unspecified atom stereocenters. The Balaban J connectivity index is 1.38. The second-order valence-corrected chi connectivity index (χ2v) is 15.3. The molecule has 2 aromatic rings. The van der Waals surface area contributed by atoms with Gasteiger partial charge in [0.15, 0.2) is 0 Å². The summed E-state index contributed by atoms with van der Waals surface area (Å²) in [5, 5.41) is 12.0. The lowest BCUT2D eigenvalue weighted by Crippen LogP contribution is -2.49. The van der Waals surface area contributed by atoms with Crippen LogP contribution in [0.1, 0.15) is 86.2 Å². The van der Waals surface area contributed by atoms with E-state index < -0.39 is 15.9 Å². The van der Waals surface area contributed by atoms with Gasteiger partial charge in [0, 0.05) is 29.1 Å². The number of aryl methyl sites for hydroxylation is 1. The Morgan fingerprint density at radius 3 is 2.71 bits per heavy atom. The Kier molecular flexibility index (Phi) is 8.51. The first-order valence-corrected chi connectivity index (χ1v) is 17.7. The maximum atomic E-state index is 13.3. The van der Waals surface area contributed by atoms with E-state index in [1.54, 1.807) is 12.1 Å². The second-order valence-electron chi connectivity index (χ2n) is 13.1. The van der Waals surface area contributed by atoms with Crippen LogP contribution in [0.15, 0.2) is 36.4 Å². The summed E-state index contributed by atoms with van der Waals surface area (Å²) >= 11 is 6.39. The molecule has 4 aliphatic rings. The minimum absolute atomic E-state index is 0.0278. The van der Waals surface area contributed by atoms with Crippen LogP contribution in [0.2, 0.25) is 5.02 Å². The summed E-state index contributed by atoms with van der Waals surface area (Å²) in [7, 11) is -3.80. The van der Waals surface area contributed by atoms with Crippen molar-refractivity contribution in [1.29, 1.82) is 0 Å². The van der Waals surface area contributed by atoms with Crippen molar-refractivity contribution < 1.29 is 23.1 Å². The van der Waals surface area contributed by atoms with Crippen LogP contribution in [0.3, 0.4) is 0 Å². The minimum atomic E-state index is -3.80. The molecule has 6 rings (SSSR count). The second kappa shape index (κ2) is 12.0. The van der Waals surface area contributed by atoms with E-state index in [1.165, 1.54) is 11.1 Å². The van der Waals surface area contributed by atoms with Gasteiger partial charge in [-0.3, -0.25) is 4.79 Å². The largest absolute Gasteiger partial charge is 0.490 e. The fraction of sp³-hybridized carbons (Fsp3) is 0.606. The number of rotatable bonds is 1. The predicted octanol–water partition coefficient (Wildman–Crippen LogP) is 5.86. The average molecular weight is 615 g/mol. The summed E-state index contributed by atoms with van der Waals surface area (Å²) in [4.78, 5) is 15.7. The molecule has 1 fully saturated rings. The SMILES string of the molecule is CC[C@H]1CCCC[C@H](O)[C@@H]2CC[C@H]2CN2C[C@@]3(CCCc4cc(Cl)ccc43)COc3ccc(cc32)C(=O)NS(=O)(=O)C1. The monoisotopic (exact) mass is 614 g/mol. The van der Waals surface area contributed by atoms with Gasteiger partial charge in [0.05, 0.1) is 24.2 Å². The Labute approximate surface area is 255 Å². The number of hydrogen-bond acceptors (Lipinski definition) is 6. The molecule has 0 aromatic heterocycles. The first-order valence-electron chi connectivity index (χ1n) is 15.7. The van der Waals surface area contributed by atoms with Gasteiger partial charge in [0.1, 0.15) is 5.75 Å². The number of aliphatic hydroxyl groups excluding tert-OH is 1. The molecule has 2 N–H and O–H groups in total. The van der Waals surface area contributed by atoms with E-state index in [4.69, 9.17) is 16.3 Å². The zero-order chi connectivity index (χ0) is 29.5. The number of amides is 1. The number of halogens is 1. The van der Waals surface area contributed by atoms with Crippen LogP contribution in [0.25, 0.3) is 0 Å². The zero-order valence-electron chi connectivity index (χ0n) is 24.5. The third kappa shape index (κ3) is 6.04. The smallest absolute Gasteiger partial charge is 0.264 e. The van der Waals surface area contributed by atoms with E-state index in [0.29, 0.717) is 23.8 Å². The lowest BCUT2D eigenvalue weighted by Gasteiger charge is -2.45. The molecule has 228 valence electrons. The highest BCUT2D eigenvalue weighted by molar-refractivity contribution is 7.90. The molecule has 1 saturated carbocycles. The number of carbonyl (C=O) groups is 1. The molecule has 1 spiro atoms. The van der Waals surface area contributed by atoms with Gasteiger partial charge in [-0.15, -0.1) is 0 Å². The van der Waals surface area contributed by atoms with E-state index in [-0.39, 0.29) is 29.1 Å². The van der Waals surface area contributed by atoms with Crippen molar-refractivity contribution in [2.24, 2.45) is 17.8 Å². The lowest BCUT2D eigenvalue weighted by atomic mass is 9.68. The number of ether oxygens (including phenoxy) is 1. The molecule has 2 heterocycles. The standard InChI is InChI=1S/C33H43ClN2O5S/c1-2-22-6-3-4-8-30(37)27-12-9-25(27)18-36-20-33(15-5-7-23-16-26(34)11-13-28(23)33)21-41-31-14-10-24(17-29(31)36)32(38)35-42(39,40)19-22/h10-11,13-14,16-17,22,25,27,30,37H,2-9,12,15,18-21H2,1H3,(H,35,38)/t22-,25-,27+,30-,33-/m0/s1. The quantitative estimate of drug-likeness (QED) is 0.418. The van der Waals surface area contributed by atoms with Crippen molar-refractivity contribution in [2.45, 2.75) is 82.7 Å². The number of aliphatic hydroxyl groups is 1. The van der Waals surface area contributed by atoms with E-state index >= 15 is 0 Å². The fourth-order valence-electron chi connectivity index (χ4n) is 7.82. The van der Waals surface area contributed by atoms with E-state index in [1.807, 2.05) is 19.1 Å². The maximum Gasteiger partial charge on any atom is 0.264 e. The van der Waals surface area contributed by atoms with Gasteiger partial charge in [-0.1, -0.05) is 43.9 Å². The Hall–Kier alpha value is -2.29. The van der Waals surface area contributed by atoms with Crippen molar-refractivity contribution in [2.75, 3.05) is 30.3 Å². The fourth-order valence-corrected chi connectivity index (χ4v) is 9.53. The summed E-state index contributed by atoms with van der Waals surface area (Å²) in [5.41, 5.74) is 3.42. The molecule has 7 nitrogen and oxygen atoms in total. The average Bonchev–Trinajstić information content (AvgIpc) is 3.08. The highest BCUT2D eigenvalue weighted by Crippen LogP contribution is 2.47. The normalized spacial score (nSPS) is 31.4. The highest BCUT2D eigenvalue weighted by Gasteiger charge is 2.44. The molecule has 0 saturated heterocycles. The molecule has 0 radical (unpaired) electrons. The van der Waals surface area contributed by atoms with Gasteiger partial charge in [-0.2, -0.15) is 0 Å². The number of benzene rings is 2. The lowest BCUT2D eigenvalue weighted by molar-refractivity contribution is 0.00890. The topological polar surface area (TPSA) is 95.9 Å². The van der Waals surface area contributed by atoms with Gasteiger partial charge in [-0.05, 0) is 104 Å². The van der Waals surface area contributed by atoms with Crippen LogP contribution in [-0.2, 0) is 21.9 Å². The maximum absolute atomic E-state index is 13.3. The summed E-state index contributed by atoms with van der Waals surface area (Å²) in [6.07, 6.45) is 8.71. The predicted molar refractivity (Wildman–Crippen MR) is 166 cm³/mol. The number of anilines is 1. The number of sulfonamides is 1. The van der Waals surface area contributed by atoms with Crippen LogP contribution in [0, 0.1) is 17.8 Å². The molecule has 2 bridgehead atoms. The Morgan fingerprint density at radius 2 is 1.93 bits per heavy atom. The first-order chi connectivity index (χ1) is 20.2. The number of nitrogens with one attached hydrogen (secondary N) is 1. The number of carbonyl (C=O) groups excluding carboxylic acids is 1. The van der Waals surface area contributed by atoms with Gasteiger partial charge in [-0.25, -0.2) is 13.1 Å². The van der Waals surface area contributed by atoms with Crippen LogP contribution in [0.4, 0.5) is 5.69 Å². The summed E-state index contributed by atoms with van der Waals surface area (Å²) in [6.45, 7) is 3.98. The zero-order valence-corrected chi connectivity index (χ0v) is 26.1. The Bertz CT molecular complexity index is 1430. The van der Waals surface area contributed by atoms with Crippen molar-refractivity contribution >= 4 is 33.2 Å². The summed E-state index contributed by atoms with van der Waals surface area (Å²) < 4.78 is 34.9. The van der Waals surface area contributed by atoms with Gasteiger partial charge in [0.25, 0.3) is 5.91 Å². The molecule has 42 heavy (non-hydrogen) atoms. The molecule has 2 aliphatic heterocycles. The molecule has 2 aliphatic carbocycles. The van der Waals surface area contributed by atoms with Crippen LogP contribution in [-0.4, -0.2) is 51.0 Å². The molecule has 2 aromatic carbocycles. The molecular weight excluding hydrogens is 572 g/mol. The third-order valence-corrected chi connectivity index (χ3v) is 12.0. The molecule has 5 atom stereocenters. The molecular formula is C33H43ClN2O5S. The summed E-state index contributed by atoms with van der Waals surface area (Å²) in [5.74, 6) is 0.580. The minimum Gasteiger partial charge on any atom is -0.490 e. The van der Waals surface area contributed by atoms with Crippen molar-refractivity contribution in [3.05, 3.63) is 58.1 Å². The number of fused-ring (bicyclic) bond motifs is 4. The van der Waals surface area contributed by atoms with Gasteiger partial charge in [0.2, 0.25) is 10.0 Å². The van der Waals surface area contributed by atoms with Crippen molar-refractivity contribution in [3.8, 4) is 5.75 Å². The number of nitrogens with zero attached hydrogens (tertiary/aromatic N) is 1. The van der Waals surface area contributed by atoms with Crippen LogP contribution in [0.5, 0.6) is 5.75 Å². The third-order valence-electron chi connectivity index (χ3n) is 10.4. The van der Waals surface area contributed by atoms with Gasteiger partial charge >= 0.3 is 0 Å². The van der Waals surface area contributed by atoms with Crippen molar-refractivity contribution in [3.63, 3.8) is 0 Å².